The molecule has 0 unspecified atom stereocenters. The summed E-state index contributed by atoms with van der Waals surface area (Å²) in [5.41, 5.74) is 8.69. The summed E-state index contributed by atoms with van der Waals surface area (Å²) in [4.78, 5) is 11.7. The Labute approximate surface area is 517 Å². The molecule has 0 radical (unpaired) electrons. The van der Waals surface area contributed by atoms with E-state index in [1.54, 1.807) is 57.3 Å². The van der Waals surface area contributed by atoms with E-state index in [0.29, 0.717) is 18.1 Å². The highest BCUT2D eigenvalue weighted by Gasteiger charge is 2.13. The standard InChI is InChI=1S/C15H13ClN4O3S.C15H12ClN3O.C9H8BrN3.C7H6Br2.C6H6BClO3.ClH2NO2S/c16-14-7-13(4-5-15(14)23-24(17,21)22)12-3-1-2-11(6-12)8-20-10-18-9-19-20;16-14-7-13(4-5-15(14)20)12-3-1-2-11(6-12)8-19-10-17-9-18-19;10-9-3-1-2-8(4-9)5-13-7-11-6-12-13;8-5-6-2-1-3-7(9)4-6;8-5-3-4(7(10)11)1-2-6(5)9;1-5(2,3)4/h1-7,9-10H,8H2,(H2,17,21,22);1-7,9-10,20H,8H2;1-4,6-7H,5H2;1-4H,5H2;1-3,9-11H;(H2,2,3,4). The van der Waals surface area contributed by atoms with Gasteiger partial charge in [-0.3, -0.25) is 0 Å². The van der Waals surface area contributed by atoms with Crippen LogP contribution in [0, 0.1) is 0 Å². The van der Waals surface area contributed by atoms with Crippen molar-refractivity contribution >= 4 is 125 Å². The van der Waals surface area contributed by atoms with Gasteiger partial charge in [0.15, 0.2) is 5.75 Å². The molecule has 20 nitrogen and oxygen atoms in total. The van der Waals surface area contributed by atoms with Crippen LogP contribution in [0.5, 0.6) is 17.2 Å². The predicted octanol–water partition coefficient (Wildman–Crippen LogP) is 10.2. The maximum Gasteiger partial charge on any atom is 0.488 e. The SMILES string of the molecule is BrCc1cccc(Br)c1.Brc1cccc(Cn2cncn2)c1.NS(=O)(=O)Cl.NS(=O)(=O)Oc1ccc(-c2cccc(Cn3cncn3)c2)cc1Cl.OB(O)c1ccc(O)c(Cl)c1.Oc1ccc(-c2cccc(Cn3cncn3)c2)cc1Cl. The molecule has 8 N–H and O–H groups in total. The summed E-state index contributed by atoms with van der Waals surface area (Å²) < 4.78 is 52.4. The fraction of sp³-hybridized carbons (Fsp3) is 0.0769. The van der Waals surface area contributed by atoms with Gasteiger partial charge in [-0.25, -0.2) is 34.1 Å². The molecular formula is C52H47BBr3Cl4N11O9S2. The highest BCUT2D eigenvalue weighted by atomic mass is 79.9. The van der Waals surface area contributed by atoms with Crippen LogP contribution in [0.1, 0.15) is 22.3 Å². The summed E-state index contributed by atoms with van der Waals surface area (Å²) >= 11 is 27.7. The molecule has 7 aromatic carbocycles. The number of phenols is 2. The monoisotopic (exact) mass is 1420 g/mol. The van der Waals surface area contributed by atoms with Crippen molar-refractivity contribution in [3.63, 3.8) is 0 Å². The second-order valence-corrected chi connectivity index (χ2v) is 23.5. The third-order valence-corrected chi connectivity index (χ3v) is 13.2. The molecule has 428 valence electrons. The van der Waals surface area contributed by atoms with Gasteiger partial charge < -0.3 is 24.4 Å². The van der Waals surface area contributed by atoms with E-state index in [0.717, 1.165) is 54.2 Å². The lowest BCUT2D eigenvalue weighted by Gasteiger charge is -2.09. The lowest BCUT2D eigenvalue weighted by Crippen LogP contribution is -2.29. The highest BCUT2D eigenvalue weighted by Crippen LogP contribution is 2.32. The van der Waals surface area contributed by atoms with E-state index in [9.17, 15) is 21.9 Å². The first kappa shape index (κ1) is 66.6. The van der Waals surface area contributed by atoms with Crippen molar-refractivity contribution in [2.45, 2.75) is 25.0 Å². The van der Waals surface area contributed by atoms with Crippen LogP contribution in [-0.4, -0.2) is 88.5 Å². The number of nitrogens with two attached hydrogens (primary N) is 2. The molecule has 0 fully saturated rings. The number of rotatable bonds is 12. The molecule has 0 amide bonds. The van der Waals surface area contributed by atoms with Gasteiger partial charge in [0, 0.05) is 25.0 Å². The third kappa shape index (κ3) is 25.1. The van der Waals surface area contributed by atoms with E-state index in [-0.39, 0.29) is 32.8 Å². The number of alkyl halides is 1. The average molecular weight is 1430 g/mol. The molecule has 0 saturated carbocycles. The van der Waals surface area contributed by atoms with Crippen molar-refractivity contribution in [1.82, 2.24) is 44.3 Å². The fourth-order valence-corrected chi connectivity index (χ4v) is 8.97. The number of benzene rings is 7. The van der Waals surface area contributed by atoms with Gasteiger partial charge in [0.25, 0.3) is 9.24 Å². The molecule has 0 spiro atoms. The van der Waals surface area contributed by atoms with Crippen molar-refractivity contribution in [3.05, 3.63) is 236 Å². The number of phenolic OH excluding ortho intramolecular Hbond substituents is 2. The van der Waals surface area contributed by atoms with Crippen LogP contribution in [0.3, 0.4) is 0 Å². The van der Waals surface area contributed by atoms with E-state index < -0.39 is 26.7 Å². The number of aromatic hydroxyl groups is 2. The van der Waals surface area contributed by atoms with Crippen LogP contribution in [0.15, 0.2) is 199 Å². The Morgan fingerprint density at radius 2 is 0.890 bits per heavy atom. The lowest BCUT2D eigenvalue weighted by molar-refractivity contribution is 0.425. The zero-order valence-corrected chi connectivity index (χ0v) is 51.7. The minimum absolute atomic E-state index is 0.0123. The van der Waals surface area contributed by atoms with Gasteiger partial charge >= 0.3 is 17.4 Å². The van der Waals surface area contributed by atoms with Gasteiger partial charge in [-0.1, -0.05) is 161 Å². The van der Waals surface area contributed by atoms with Crippen LogP contribution in [-0.2, 0) is 44.5 Å². The average Bonchev–Trinajstić information content (AvgIpc) is 4.30. The molecule has 0 bridgehead atoms. The molecule has 0 aliphatic carbocycles. The van der Waals surface area contributed by atoms with Crippen LogP contribution in [0.4, 0.5) is 0 Å². The Hall–Kier alpha value is -6.24. The van der Waals surface area contributed by atoms with E-state index in [4.69, 9.17) is 55.1 Å². The van der Waals surface area contributed by atoms with E-state index in [1.807, 2.05) is 72.8 Å². The molecule has 10 aromatic rings. The smallest absolute Gasteiger partial charge is 0.488 e. The van der Waals surface area contributed by atoms with Crippen molar-refractivity contribution < 1.29 is 41.3 Å². The molecular weight excluding hydrogens is 1380 g/mol. The molecule has 3 heterocycles. The van der Waals surface area contributed by atoms with E-state index >= 15 is 0 Å². The van der Waals surface area contributed by atoms with Crippen LogP contribution < -0.4 is 19.9 Å². The van der Waals surface area contributed by atoms with E-state index in [2.05, 4.69) is 128 Å². The molecule has 30 heteroatoms. The maximum atomic E-state index is 11.0. The largest absolute Gasteiger partial charge is 0.506 e. The first-order valence-electron chi connectivity index (χ1n) is 23.2. The maximum absolute atomic E-state index is 11.0. The first-order chi connectivity index (χ1) is 38.9. The minimum Gasteiger partial charge on any atom is -0.506 e. The van der Waals surface area contributed by atoms with Gasteiger partial charge in [0.05, 0.1) is 34.7 Å². The number of halogens is 7. The van der Waals surface area contributed by atoms with Crippen molar-refractivity contribution in [2.75, 3.05) is 0 Å². The van der Waals surface area contributed by atoms with Gasteiger partial charge in [-0.15, -0.1) is 0 Å². The zero-order chi connectivity index (χ0) is 59.8. The second kappa shape index (κ2) is 33.2. The van der Waals surface area contributed by atoms with Gasteiger partial charge in [-0.2, -0.15) is 37.3 Å². The molecule has 0 aliphatic heterocycles. The van der Waals surface area contributed by atoms with Crippen molar-refractivity contribution in [3.8, 4) is 39.5 Å². The molecule has 10 rings (SSSR count). The van der Waals surface area contributed by atoms with Crippen LogP contribution in [0.25, 0.3) is 22.3 Å². The Bertz CT molecular complexity index is 3820. The quantitative estimate of drug-likeness (QED) is 0.0376. The van der Waals surface area contributed by atoms with Gasteiger partial charge in [0.2, 0.25) is 0 Å². The Morgan fingerprint density at radius 3 is 1.26 bits per heavy atom. The minimum atomic E-state index is -4.11. The molecule has 3 aromatic heterocycles. The van der Waals surface area contributed by atoms with Gasteiger partial charge in [-0.05, 0) is 123 Å². The number of aromatic nitrogens is 9. The topological polar surface area (TPSA) is 303 Å². The summed E-state index contributed by atoms with van der Waals surface area (Å²) in [6.07, 6.45) is 9.57. The van der Waals surface area contributed by atoms with Crippen LogP contribution >= 0.6 is 93.3 Å². The Morgan fingerprint density at radius 1 is 0.512 bits per heavy atom. The Balaban J connectivity index is 0.000000192. The molecule has 0 aliphatic rings. The first-order valence-corrected chi connectivity index (χ1v) is 30.9. The molecule has 82 heavy (non-hydrogen) atoms. The highest BCUT2D eigenvalue weighted by molar-refractivity contribution is 9.10. The lowest BCUT2D eigenvalue weighted by atomic mass is 9.80. The summed E-state index contributed by atoms with van der Waals surface area (Å²) in [5.74, 6) is 0.00643. The second-order valence-electron chi connectivity index (χ2n) is 16.5. The molecule has 0 atom stereocenters. The van der Waals surface area contributed by atoms with Gasteiger partial charge in [0.1, 0.15) is 49.5 Å². The Kier molecular flexibility index (Phi) is 26.9. The summed E-state index contributed by atoms with van der Waals surface area (Å²) in [6, 6.07) is 46.3. The molecule has 0 saturated heterocycles. The number of hydrogen-bond donors (Lipinski definition) is 6. The number of hydrogen-bond acceptors (Lipinski definition) is 15. The summed E-state index contributed by atoms with van der Waals surface area (Å²) in [6.45, 7) is 2.02. The number of nitrogens with zero attached hydrogens (tertiary/aromatic N) is 9. The summed E-state index contributed by atoms with van der Waals surface area (Å²) in [7, 11) is -5.08. The van der Waals surface area contributed by atoms with Crippen LogP contribution in [0.2, 0.25) is 15.1 Å². The summed E-state index contributed by atoms with van der Waals surface area (Å²) in [5, 5.41) is 58.4. The normalized spacial score (nSPS) is 10.6. The fourth-order valence-electron chi connectivity index (χ4n) is 6.70. The van der Waals surface area contributed by atoms with E-state index in [1.165, 1.54) is 54.4 Å². The predicted molar refractivity (Wildman–Crippen MR) is 329 cm³/mol. The third-order valence-electron chi connectivity index (χ3n) is 10.2. The van der Waals surface area contributed by atoms with Crippen molar-refractivity contribution in [1.29, 1.82) is 0 Å². The zero-order valence-electron chi connectivity index (χ0n) is 42.3. The van der Waals surface area contributed by atoms with Crippen molar-refractivity contribution in [2.24, 2.45) is 10.3 Å².